The molecule has 1 aromatic heterocycles. The molecule has 118 valence electrons. The van der Waals surface area contributed by atoms with Crippen molar-refractivity contribution in [3.63, 3.8) is 0 Å². The predicted octanol–water partition coefficient (Wildman–Crippen LogP) is 3.33. The van der Waals surface area contributed by atoms with Gasteiger partial charge < -0.3 is 14.8 Å². The summed E-state index contributed by atoms with van der Waals surface area (Å²) >= 11 is 0. The third-order valence-corrected chi connectivity index (χ3v) is 4.04. The molecule has 23 heavy (non-hydrogen) atoms. The Hall–Kier alpha value is -2.75. The number of nitrogens with zero attached hydrogens (tertiary/aromatic N) is 2. The minimum absolute atomic E-state index is 0.0639. The molecule has 0 radical (unpaired) electrons. The summed E-state index contributed by atoms with van der Waals surface area (Å²) in [7, 11) is 7.97. The summed E-state index contributed by atoms with van der Waals surface area (Å²) in [6.07, 6.45) is 0. The number of fused-ring (bicyclic) bond motifs is 1. The Labute approximate surface area is 136 Å². The molecule has 3 aromatic rings. The zero-order chi connectivity index (χ0) is 16.6. The lowest BCUT2D eigenvalue weighted by molar-refractivity contribution is 1.13. The van der Waals surface area contributed by atoms with Crippen molar-refractivity contribution < 1.29 is 0 Å². The molecule has 4 nitrogen and oxygen atoms in total. The third kappa shape index (κ3) is 2.93. The van der Waals surface area contributed by atoms with E-state index in [1.54, 1.807) is 0 Å². The molecule has 4 heteroatoms. The normalized spacial score (nSPS) is 10.8. The molecule has 0 atom stereocenters. The van der Waals surface area contributed by atoms with Crippen molar-refractivity contribution in [1.29, 1.82) is 0 Å². The lowest BCUT2D eigenvalue weighted by atomic mass is 10.0. The second-order valence-electron chi connectivity index (χ2n) is 6.12. The van der Waals surface area contributed by atoms with Crippen LogP contribution in [0.4, 0.5) is 11.4 Å². The van der Waals surface area contributed by atoms with Crippen molar-refractivity contribution in [3.8, 4) is 11.1 Å². The maximum atomic E-state index is 12.5. The average molecular weight is 307 g/mol. The first-order chi connectivity index (χ1) is 11.0. The molecule has 1 heterocycles. The Morgan fingerprint density at radius 1 is 0.783 bits per heavy atom. The summed E-state index contributed by atoms with van der Waals surface area (Å²) in [6.45, 7) is 0. The van der Waals surface area contributed by atoms with Gasteiger partial charge >= 0.3 is 0 Å². The van der Waals surface area contributed by atoms with Gasteiger partial charge in [0, 0.05) is 45.1 Å². The largest absolute Gasteiger partial charge is 0.378 e. The lowest BCUT2D eigenvalue weighted by Gasteiger charge is -2.14. The molecule has 1 N–H and O–H groups in total. The molecule has 0 unspecified atom stereocenters. The number of rotatable bonds is 3. The number of nitrogens with one attached hydrogen (secondary N) is 1. The second kappa shape index (κ2) is 5.80. The van der Waals surface area contributed by atoms with Crippen molar-refractivity contribution >= 4 is 22.3 Å². The molecule has 0 saturated heterocycles. The van der Waals surface area contributed by atoms with Crippen LogP contribution in [0.1, 0.15) is 0 Å². The van der Waals surface area contributed by atoms with Crippen LogP contribution in [0.3, 0.4) is 0 Å². The van der Waals surface area contributed by atoms with E-state index in [1.165, 1.54) is 0 Å². The highest BCUT2D eigenvalue weighted by atomic mass is 16.1. The zero-order valence-corrected chi connectivity index (χ0v) is 13.9. The van der Waals surface area contributed by atoms with Gasteiger partial charge in [-0.05, 0) is 41.3 Å². The van der Waals surface area contributed by atoms with E-state index < -0.39 is 0 Å². The molecule has 0 aliphatic carbocycles. The minimum atomic E-state index is -0.0639. The fourth-order valence-corrected chi connectivity index (χ4v) is 2.62. The van der Waals surface area contributed by atoms with Gasteiger partial charge in [-0.1, -0.05) is 18.2 Å². The summed E-state index contributed by atoms with van der Waals surface area (Å²) in [5, 5.41) is 1.03. The van der Waals surface area contributed by atoms with Crippen LogP contribution >= 0.6 is 0 Å². The van der Waals surface area contributed by atoms with E-state index in [0.717, 1.165) is 27.8 Å². The van der Waals surface area contributed by atoms with Crippen LogP contribution in [0, 0.1) is 0 Å². The highest BCUT2D eigenvalue weighted by molar-refractivity contribution is 5.86. The molecule has 0 spiro atoms. The third-order valence-electron chi connectivity index (χ3n) is 4.04. The average Bonchev–Trinajstić information content (AvgIpc) is 2.53. The summed E-state index contributed by atoms with van der Waals surface area (Å²) in [5.41, 5.74) is 4.59. The van der Waals surface area contributed by atoms with Crippen molar-refractivity contribution in [2.45, 2.75) is 0 Å². The number of benzene rings is 2. The van der Waals surface area contributed by atoms with Crippen molar-refractivity contribution in [3.05, 3.63) is 58.9 Å². The smallest absolute Gasteiger partial charge is 0.256 e. The summed E-state index contributed by atoms with van der Waals surface area (Å²) < 4.78 is 0. The maximum absolute atomic E-state index is 12.5. The Bertz CT molecular complexity index is 893. The number of pyridine rings is 1. The van der Waals surface area contributed by atoms with E-state index in [0.29, 0.717) is 5.56 Å². The number of H-pyrrole nitrogens is 1. The van der Waals surface area contributed by atoms with E-state index in [4.69, 9.17) is 0 Å². The topological polar surface area (TPSA) is 39.3 Å². The standard InChI is InChI=1S/C19H21N3O/c1-21(2)15-8-5-13(6-9-15)17-11-14-7-10-16(22(3)4)12-18(14)20-19(17)23/h5-12H,1-4H3,(H,20,23). The Balaban J connectivity index is 2.09. The molecule has 2 aromatic carbocycles. The summed E-state index contributed by atoms with van der Waals surface area (Å²) in [6, 6.07) is 16.1. The van der Waals surface area contributed by atoms with E-state index >= 15 is 0 Å². The number of aromatic nitrogens is 1. The quantitative estimate of drug-likeness (QED) is 0.807. The Kier molecular flexibility index (Phi) is 3.82. The van der Waals surface area contributed by atoms with Gasteiger partial charge in [-0.25, -0.2) is 0 Å². The molecule has 0 saturated carbocycles. The van der Waals surface area contributed by atoms with E-state index in [2.05, 4.69) is 11.1 Å². The van der Waals surface area contributed by atoms with Crippen LogP contribution in [0.15, 0.2) is 53.3 Å². The Morgan fingerprint density at radius 3 is 2.00 bits per heavy atom. The first-order valence-corrected chi connectivity index (χ1v) is 7.58. The van der Waals surface area contributed by atoms with Crippen molar-refractivity contribution in [2.24, 2.45) is 0 Å². The molecule has 3 rings (SSSR count). The zero-order valence-electron chi connectivity index (χ0n) is 13.9. The second-order valence-corrected chi connectivity index (χ2v) is 6.12. The lowest BCUT2D eigenvalue weighted by Crippen LogP contribution is -2.11. The molecule has 0 amide bonds. The van der Waals surface area contributed by atoms with Crippen molar-refractivity contribution in [2.75, 3.05) is 38.0 Å². The van der Waals surface area contributed by atoms with Gasteiger partial charge in [-0.3, -0.25) is 4.79 Å². The van der Waals surface area contributed by atoms with E-state index in [-0.39, 0.29) is 5.56 Å². The first-order valence-electron chi connectivity index (χ1n) is 7.58. The van der Waals surface area contributed by atoms with Gasteiger partial charge in [-0.2, -0.15) is 0 Å². The van der Waals surface area contributed by atoms with Crippen LogP contribution < -0.4 is 15.4 Å². The number of hydrogen-bond donors (Lipinski definition) is 1. The first kappa shape index (κ1) is 15.2. The molecule has 0 fully saturated rings. The fourth-order valence-electron chi connectivity index (χ4n) is 2.62. The molecule has 0 bridgehead atoms. The maximum Gasteiger partial charge on any atom is 0.256 e. The van der Waals surface area contributed by atoms with Gasteiger partial charge in [0.05, 0.1) is 5.52 Å². The number of hydrogen-bond acceptors (Lipinski definition) is 3. The van der Waals surface area contributed by atoms with Crippen LogP contribution in [0.5, 0.6) is 0 Å². The highest BCUT2D eigenvalue weighted by Crippen LogP contribution is 2.24. The van der Waals surface area contributed by atoms with Crippen LogP contribution in [-0.2, 0) is 0 Å². The van der Waals surface area contributed by atoms with Gasteiger partial charge in [0.2, 0.25) is 0 Å². The SMILES string of the molecule is CN(C)c1ccc(-c2cc3ccc(N(C)C)cc3[nH]c2=O)cc1. The van der Waals surface area contributed by atoms with Gasteiger partial charge in [0.1, 0.15) is 0 Å². The summed E-state index contributed by atoms with van der Waals surface area (Å²) in [4.78, 5) is 19.5. The van der Waals surface area contributed by atoms with Crippen LogP contribution in [-0.4, -0.2) is 33.2 Å². The fraction of sp³-hybridized carbons (Fsp3) is 0.211. The predicted molar refractivity (Wildman–Crippen MR) is 98.7 cm³/mol. The van der Waals surface area contributed by atoms with E-state index in [9.17, 15) is 4.79 Å². The van der Waals surface area contributed by atoms with Crippen LogP contribution in [0.2, 0.25) is 0 Å². The summed E-state index contributed by atoms with van der Waals surface area (Å²) in [5.74, 6) is 0. The van der Waals surface area contributed by atoms with Gasteiger partial charge in [0.25, 0.3) is 5.56 Å². The Morgan fingerprint density at radius 2 is 1.39 bits per heavy atom. The minimum Gasteiger partial charge on any atom is -0.378 e. The van der Waals surface area contributed by atoms with Crippen molar-refractivity contribution in [1.82, 2.24) is 4.98 Å². The van der Waals surface area contributed by atoms with Gasteiger partial charge in [0.15, 0.2) is 0 Å². The molecular weight excluding hydrogens is 286 g/mol. The van der Waals surface area contributed by atoms with Crippen LogP contribution in [0.25, 0.3) is 22.0 Å². The molecule has 0 aliphatic rings. The molecular formula is C19H21N3O. The highest BCUT2D eigenvalue weighted by Gasteiger charge is 2.07. The van der Waals surface area contributed by atoms with Gasteiger partial charge in [-0.15, -0.1) is 0 Å². The number of aromatic amines is 1. The number of anilines is 2. The monoisotopic (exact) mass is 307 g/mol. The van der Waals surface area contributed by atoms with E-state index in [1.807, 2.05) is 80.5 Å². The molecule has 0 aliphatic heterocycles.